The first-order valence-corrected chi connectivity index (χ1v) is 14.3. The molecule has 0 aliphatic heterocycles. The van der Waals surface area contributed by atoms with Crippen molar-refractivity contribution in [1.82, 2.24) is 4.90 Å². The summed E-state index contributed by atoms with van der Waals surface area (Å²) in [6.45, 7) is 14.7. The Morgan fingerprint density at radius 1 is 0.949 bits per heavy atom. The van der Waals surface area contributed by atoms with E-state index in [-0.39, 0.29) is 29.3 Å². The van der Waals surface area contributed by atoms with Crippen LogP contribution < -0.4 is 0 Å². The molecule has 0 bridgehead atoms. The van der Waals surface area contributed by atoms with E-state index in [1.165, 1.54) is 49.1 Å². The lowest BCUT2D eigenvalue weighted by atomic mass is 9.78. The Morgan fingerprint density at radius 2 is 1.38 bits per heavy atom. The van der Waals surface area contributed by atoms with Crippen LogP contribution in [0.3, 0.4) is 0 Å². The number of nitriles is 1. The number of phenolic OH excluding ortho intramolecular Hbond substituents is 1. The number of allylic oxidation sites excluding steroid dienone is 1. The van der Waals surface area contributed by atoms with Gasteiger partial charge in [-0.1, -0.05) is 41.5 Å². The number of carbonyl (C=O) groups excluding carboxylic acids is 1. The van der Waals surface area contributed by atoms with Crippen molar-refractivity contribution in [2.75, 3.05) is 13.1 Å². The maximum absolute atomic E-state index is 13.4. The molecule has 2 rings (SSSR count). The van der Waals surface area contributed by atoms with Gasteiger partial charge in [0.1, 0.15) is 16.7 Å². The molecule has 9 heteroatoms. The topological polar surface area (TPSA) is 139 Å². The lowest BCUT2D eigenvalue weighted by molar-refractivity contribution is 0.0518. The van der Waals surface area contributed by atoms with Crippen molar-refractivity contribution in [1.29, 1.82) is 5.26 Å². The average molecular weight is 557 g/mol. The van der Waals surface area contributed by atoms with Gasteiger partial charge in [0.2, 0.25) is 9.84 Å². The molecule has 0 heterocycles. The molecule has 0 aliphatic carbocycles. The summed E-state index contributed by atoms with van der Waals surface area (Å²) >= 11 is 0. The van der Waals surface area contributed by atoms with E-state index >= 15 is 0 Å². The summed E-state index contributed by atoms with van der Waals surface area (Å²) in [6.07, 6.45) is -0.327. The Kier molecular flexibility index (Phi) is 9.78. The van der Waals surface area contributed by atoms with Crippen LogP contribution in [0.1, 0.15) is 82.4 Å². The highest BCUT2D eigenvalue weighted by molar-refractivity contribution is 7.95. The third kappa shape index (κ3) is 7.91. The second kappa shape index (κ2) is 11.9. The van der Waals surface area contributed by atoms with Crippen molar-refractivity contribution in [2.45, 2.75) is 83.3 Å². The van der Waals surface area contributed by atoms with E-state index in [2.05, 4.69) is 0 Å². The number of amides is 1. The summed E-state index contributed by atoms with van der Waals surface area (Å²) in [5, 5.41) is 40.2. The zero-order chi connectivity index (χ0) is 29.9. The van der Waals surface area contributed by atoms with Crippen LogP contribution >= 0.6 is 0 Å². The van der Waals surface area contributed by atoms with Crippen LogP contribution in [0.5, 0.6) is 5.75 Å². The van der Waals surface area contributed by atoms with E-state index in [4.69, 9.17) is 0 Å². The number of aliphatic hydroxyl groups is 2. The van der Waals surface area contributed by atoms with Gasteiger partial charge in [-0.05, 0) is 72.7 Å². The Hall–Kier alpha value is -3.19. The van der Waals surface area contributed by atoms with Crippen LogP contribution in [0.2, 0.25) is 0 Å². The van der Waals surface area contributed by atoms with Gasteiger partial charge in [-0.3, -0.25) is 4.79 Å². The summed E-state index contributed by atoms with van der Waals surface area (Å²) in [7, 11) is -4.22. The summed E-state index contributed by atoms with van der Waals surface area (Å²) in [5.74, 6) is -0.320. The summed E-state index contributed by atoms with van der Waals surface area (Å²) in [5.41, 5.74) is 1.06. The normalized spacial score (nSPS) is 14.4. The third-order valence-corrected chi connectivity index (χ3v) is 7.79. The molecule has 0 saturated carbocycles. The predicted octanol–water partition coefficient (Wildman–Crippen LogP) is 4.53. The number of sulfone groups is 1. The number of hydrogen-bond acceptors (Lipinski definition) is 7. The standard InChI is InChI=1S/C30H40N2O6S/c1-19(33)17-32(18-20(2)34)28(36)22-9-11-23(12-10-22)39(37,38)24(16-31)13-21-14-25(29(3,4)5)27(35)26(15-21)30(6,7)8/h9-15,19-20,33-35H,17-18H2,1-8H3. The van der Waals surface area contributed by atoms with E-state index in [0.29, 0.717) is 16.7 Å². The highest BCUT2D eigenvalue weighted by Crippen LogP contribution is 2.40. The molecule has 0 aliphatic rings. The van der Waals surface area contributed by atoms with Crippen molar-refractivity contribution in [3.8, 4) is 11.8 Å². The number of carbonyl (C=O) groups is 1. The van der Waals surface area contributed by atoms with E-state index in [1.807, 2.05) is 41.5 Å². The van der Waals surface area contributed by atoms with Crippen molar-refractivity contribution < 1.29 is 28.5 Å². The average Bonchev–Trinajstić information content (AvgIpc) is 2.80. The molecular formula is C30H40N2O6S. The van der Waals surface area contributed by atoms with Gasteiger partial charge >= 0.3 is 0 Å². The third-order valence-electron chi connectivity index (χ3n) is 6.11. The van der Waals surface area contributed by atoms with Crippen LogP contribution in [0.4, 0.5) is 0 Å². The van der Waals surface area contributed by atoms with Crippen LogP contribution in [-0.2, 0) is 20.7 Å². The second-order valence-corrected chi connectivity index (χ2v) is 13.9. The van der Waals surface area contributed by atoms with E-state index < -0.39 is 43.7 Å². The number of benzene rings is 2. The molecule has 0 fully saturated rings. The molecule has 0 saturated heterocycles. The Labute approximate surface area is 232 Å². The number of rotatable bonds is 8. The molecule has 212 valence electrons. The fourth-order valence-corrected chi connectivity index (χ4v) is 5.33. The monoisotopic (exact) mass is 556 g/mol. The Bertz CT molecular complexity index is 1330. The first kappa shape index (κ1) is 32.0. The molecule has 2 aromatic carbocycles. The number of aromatic hydroxyl groups is 1. The van der Waals surface area contributed by atoms with Crippen LogP contribution in [-0.4, -0.2) is 59.8 Å². The molecule has 0 aromatic heterocycles. The van der Waals surface area contributed by atoms with Gasteiger partial charge in [0.25, 0.3) is 5.91 Å². The molecule has 2 atom stereocenters. The van der Waals surface area contributed by atoms with Gasteiger partial charge in [-0.15, -0.1) is 0 Å². The summed E-state index contributed by atoms with van der Waals surface area (Å²) in [6, 6.07) is 10.4. The lowest BCUT2D eigenvalue weighted by Gasteiger charge is -2.28. The molecule has 0 spiro atoms. The van der Waals surface area contributed by atoms with Crippen molar-refractivity contribution in [3.05, 3.63) is 63.6 Å². The quantitative estimate of drug-likeness (QED) is 0.406. The van der Waals surface area contributed by atoms with Gasteiger partial charge in [0, 0.05) is 29.8 Å². The molecule has 39 heavy (non-hydrogen) atoms. The number of phenols is 1. The van der Waals surface area contributed by atoms with E-state index in [1.54, 1.807) is 18.2 Å². The van der Waals surface area contributed by atoms with Crippen molar-refractivity contribution in [3.63, 3.8) is 0 Å². The smallest absolute Gasteiger partial charge is 0.254 e. The zero-order valence-corrected chi connectivity index (χ0v) is 24.8. The maximum Gasteiger partial charge on any atom is 0.254 e. The molecular weight excluding hydrogens is 516 g/mol. The Balaban J connectivity index is 2.54. The minimum Gasteiger partial charge on any atom is -0.507 e. The highest BCUT2D eigenvalue weighted by Gasteiger charge is 2.28. The minimum atomic E-state index is -4.22. The number of hydrogen-bond donors (Lipinski definition) is 3. The fourth-order valence-electron chi connectivity index (χ4n) is 4.17. The van der Waals surface area contributed by atoms with Crippen molar-refractivity contribution in [2.24, 2.45) is 0 Å². The number of aliphatic hydroxyl groups excluding tert-OH is 2. The largest absolute Gasteiger partial charge is 0.507 e. The molecule has 0 radical (unpaired) electrons. The van der Waals surface area contributed by atoms with E-state index in [9.17, 15) is 33.8 Å². The van der Waals surface area contributed by atoms with Gasteiger partial charge in [-0.2, -0.15) is 5.26 Å². The predicted molar refractivity (Wildman–Crippen MR) is 152 cm³/mol. The first-order chi connectivity index (χ1) is 17.8. The second-order valence-electron chi connectivity index (χ2n) is 12.0. The molecule has 1 amide bonds. The summed E-state index contributed by atoms with van der Waals surface area (Å²) < 4.78 is 26.8. The van der Waals surface area contributed by atoms with Gasteiger partial charge < -0.3 is 20.2 Å². The first-order valence-electron chi connectivity index (χ1n) is 12.8. The minimum absolute atomic E-state index is 0.00480. The van der Waals surface area contributed by atoms with E-state index in [0.717, 1.165) is 0 Å². The van der Waals surface area contributed by atoms with Gasteiger partial charge in [0.15, 0.2) is 0 Å². The lowest BCUT2D eigenvalue weighted by Crippen LogP contribution is -2.40. The van der Waals surface area contributed by atoms with Gasteiger partial charge in [-0.25, -0.2) is 8.42 Å². The molecule has 2 aromatic rings. The van der Waals surface area contributed by atoms with Crippen LogP contribution in [0, 0.1) is 11.3 Å². The van der Waals surface area contributed by atoms with Crippen LogP contribution in [0.15, 0.2) is 46.2 Å². The van der Waals surface area contributed by atoms with Gasteiger partial charge in [0.05, 0.1) is 17.1 Å². The summed E-state index contributed by atoms with van der Waals surface area (Å²) in [4.78, 5) is 13.6. The zero-order valence-electron chi connectivity index (χ0n) is 24.0. The molecule has 3 N–H and O–H groups in total. The number of nitrogens with zero attached hydrogens (tertiary/aromatic N) is 2. The SMILES string of the molecule is CC(O)CN(CC(C)O)C(=O)c1ccc(S(=O)(=O)C(C#N)=Cc2cc(C(C)(C)C)c(O)c(C(C)(C)C)c2)cc1. The molecule has 2 unspecified atom stereocenters. The Morgan fingerprint density at radius 3 is 1.74 bits per heavy atom. The maximum atomic E-state index is 13.4. The molecule has 8 nitrogen and oxygen atoms in total. The fraction of sp³-hybridized carbons (Fsp3) is 0.467. The highest BCUT2D eigenvalue weighted by atomic mass is 32.2. The van der Waals surface area contributed by atoms with Crippen LogP contribution in [0.25, 0.3) is 6.08 Å². The van der Waals surface area contributed by atoms with Crippen molar-refractivity contribution >= 4 is 21.8 Å².